The van der Waals surface area contributed by atoms with Crippen LogP contribution in [0, 0.1) is 0 Å². The summed E-state index contributed by atoms with van der Waals surface area (Å²) in [5.74, 6) is -0.194. The van der Waals surface area contributed by atoms with Gasteiger partial charge in [-0.25, -0.2) is 0 Å². The summed E-state index contributed by atoms with van der Waals surface area (Å²) in [4.78, 5) is 12.0. The monoisotopic (exact) mass is 320 g/mol. The molecule has 0 atom stereocenters. The van der Waals surface area contributed by atoms with Crippen LogP contribution >= 0.6 is 23.2 Å². The van der Waals surface area contributed by atoms with Gasteiger partial charge in [-0.1, -0.05) is 59.6 Å². The normalized spacial score (nSPS) is 10.9. The Kier molecular flexibility index (Phi) is 5.20. The molecule has 0 radical (unpaired) electrons. The lowest BCUT2D eigenvalue weighted by atomic mass is 9.80. The van der Waals surface area contributed by atoms with Crippen LogP contribution in [0.2, 0.25) is 10.0 Å². The molecule has 0 fully saturated rings. The highest BCUT2D eigenvalue weighted by Crippen LogP contribution is 2.23. The number of halogens is 2. The SMILES string of the molecule is O=C(/C=C/c1ccc(Cl)c(Cl)c1)c1ccc(B(O)O)cc1. The molecule has 2 aromatic rings. The number of hydrogen-bond acceptors (Lipinski definition) is 3. The largest absolute Gasteiger partial charge is 0.488 e. The fourth-order valence-corrected chi connectivity index (χ4v) is 2.01. The third-order valence-electron chi connectivity index (χ3n) is 2.86. The van der Waals surface area contributed by atoms with Crippen molar-refractivity contribution in [2.45, 2.75) is 0 Å². The number of carbonyl (C=O) groups excluding carboxylic acids is 1. The molecular weight excluding hydrogens is 310 g/mol. The van der Waals surface area contributed by atoms with Crippen molar-refractivity contribution in [3.8, 4) is 0 Å². The van der Waals surface area contributed by atoms with Crippen LogP contribution in [0.5, 0.6) is 0 Å². The van der Waals surface area contributed by atoms with Crippen LogP contribution in [0.4, 0.5) is 0 Å². The van der Waals surface area contributed by atoms with Crippen LogP contribution in [0.3, 0.4) is 0 Å². The van der Waals surface area contributed by atoms with Crippen molar-refractivity contribution >= 4 is 47.6 Å². The Balaban J connectivity index is 2.13. The maximum atomic E-state index is 12.0. The second-order valence-electron chi connectivity index (χ2n) is 4.37. The molecule has 106 valence electrons. The van der Waals surface area contributed by atoms with Crippen LogP contribution in [-0.4, -0.2) is 22.9 Å². The third-order valence-corrected chi connectivity index (χ3v) is 3.60. The van der Waals surface area contributed by atoms with Gasteiger partial charge in [0.1, 0.15) is 0 Å². The molecule has 0 bridgehead atoms. The third kappa shape index (κ3) is 4.19. The number of carbonyl (C=O) groups is 1. The fourth-order valence-electron chi connectivity index (χ4n) is 1.70. The first kappa shape index (κ1) is 15.8. The molecular formula is C15H11BCl2O3. The Morgan fingerprint density at radius 1 is 1.00 bits per heavy atom. The number of ketones is 1. The van der Waals surface area contributed by atoms with E-state index in [0.29, 0.717) is 21.1 Å². The summed E-state index contributed by atoms with van der Waals surface area (Å²) >= 11 is 11.7. The minimum Gasteiger partial charge on any atom is -0.423 e. The van der Waals surface area contributed by atoms with Gasteiger partial charge in [-0.15, -0.1) is 0 Å². The van der Waals surface area contributed by atoms with Gasteiger partial charge >= 0.3 is 7.12 Å². The lowest BCUT2D eigenvalue weighted by Crippen LogP contribution is -2.29. The van der Waals surface area contributed by atoms with Gasteiger partial charge in [0.2, 0.25) is 0 Å². The van der Waals surface area contributed by atoms with E-state index in [-0.39, 0.29) is 5.78 Å². The molecule has 0 saturated heterocycles. The Morgan fingerprint density at radius 2 is 1.67 bits per heavy atom. The Hall–Kier alpha value is -1.59. The highest BCUT2D eigenvalue weighted by atomic mass is 35.5. The average molecular weight is 321 g/mol. The van der Waals surface area contributed by atoms with Crippen LogP contribution in [0.1, 0.15) is 15.9 Å². The zero-order valence-corrected chi connectivity index (χ0v) is 12.3. The van der Waals surface area contributed by atoms with Gasteiger partial charge in [0.25, 0.3) is 0 Å². The van der Waals surface area contributed by atoms with E-state index in [4.69, 9.17) is 33.2 Å². The van der Waals surface area contributed by atoms with Crippen LogP contribution in [0.25, 0.3) is 6.08 Å². The first-order chi connectivity index (χ1) is 9.97. The van der Waals surface area contributed by atoms with Crippen molar-refractivity contribution in [3.63, 3.8) is 0 Å². The van der Waals surface area contributed by atoms with Crippen molar-refractivity contribution in [2.24, 2.45) is 0 Å². The van der Waals surface area contributed by atoms with Crippen molar-refractivity contribution in [3.05, 3.63) is 69.7 Å². The minimum absolute atomic E-state index is 0.194. The van der Waals surface area contributed by atoms with E-state index < -0.39 is 7.12 Å². The molecule has 21 heavy (non-hydrogen) atoms. The van der Waals surface area contributed by atoms with Crippen LogP contribution in [-0.2, 0) is 0 Å². The Bertz CT molecular complexity index is 682. The minimum atomic E-state index is -1.54. The first-order valence-corrected chi connectivity index (χ1v) is 6.86. The Morgan fingerprint density at radius 3 is 2.24 bits per heavy atom. The maximum Gasteiger partial charge on any atom is 0.488 e. The second kappa shape index (κ2) is 6.92. The molecule has 2 aromatic carbocycles. The van der Waals surface area contributed by atoms with Gasteiger partial charge in [0.15, 0.2) is 5.78 Å². The highest BCUT2D eigenvalue weighted by molar-refractivity contribution is 6.58. The molecule has 2 rings (SSSR count). The number of benzene rings is 2. The van der Waals surface area contributed by atoms with Gasteiger partial charge in [0.05, 0.1) is 10.0 Å². The summed E-state index contributed by atoms with van der Waals surface area (Å²) in [6, 6.07) is 11.1. The summed E-state index contributed by atoms with van der Waals surface area (Å²) in [5, 5.41) is 18.9. The van der Waals surface area contributed by atoms with E-state index >= 15 is 0 Å². The molecule has 0 amide bonds. The van der Waals surface area contributed by atoms with Gasteiger partial charge in [0, 0.05) is 5.56 Å². The predicted molar refractivity (Wildman–Crippen MR) is 86.1 cm³/mol. The van der Waals surface area contributed by atoms with Crippen molar-refractivity contribution in [2.75, 3.05) is 0 Å². The molecule has 0 aliphatic carbocycles. The van der Waals surface area contributed by atoms with Crippen LogP contribution < -0.4 is 5.46 Å². The maximum absolute atomic E-state index is 12.0. The molecule has 0 aliphatic heterocycles. The van der Waals surface area contributed by atoms with Gasteiger partial charge in [-0.2, -0.15) is 0 Å². The summed E-state index contributed by atoms with van der Waals surface area (Å²) in [5.41, 5.74) is 1.55. The van der Waals surface area contributed by atoms with Gasteiger partial charge in [-0.3, -0.25) is 4.79 Å². The summed E-state index contributed by atoms with van der Waals surface area (Å²) < 4.78 is 0. The molecule has 2 N–H and O–H groups in total. The van der Waals surface area contributed by atoms with Gasteiger partial charge in [-0.05, 0) is 29.2 Å². The lowest BCUT2D eigenvalue weighted by molar-refractivity contribution is 0.104. The van der Waals surface area contributed by atoms with E-state index in [2.05, 4.69) is 0 Å². The van der Waals surface area contributed by atoms with Gasteiger partial charge < -0.3 is 10.0 Å². The van der Waals surface area contributed by atoms with Crippen molar-refractivity contribution < 1.29 is 14.8 Å². The molecule has 0 aliphatic rings. The topological polar surface area (TPSA) is 57.5 Å². The second-order valence-corrected chi connectivity index (χ2v) is 5.18. The smallest absolute Gasteiger partial charge is 0.423 e. The highest BCUT2D eigenvalue weighted by Gasteiger charge is 2.11. The van der Waals surface area contributed by atoms with E-state index in [1.54, 1.807) is 24.3 Å². The average Bonchev–Trinajstić information content (AvgIpc) is 2.48. The Labute approximate surface area is 132 Å². The molecule has 0 saturated carbocycles. The van der Waals surface area contributed by atoms with E-state index in [1.807, 2.05) is 0 Å². The predicted octanol–water partition coefficient (Wildman–Crippen LogP) is 2.57. The molecule has 0 heterocycles. The lowest BCUT2D eigenvalue weighted by Gasteiger charge is -2.01. The quantitative estimate of drug-likeness (QED) is 0.517. The standard InChI is InChI=1S/C15H11BCl2O3/c17-13-7-1-10(9-14(13)18)2-8-15(19)11-3-5-12(6-4-11)16(20)21/h1-9,20-21H/b8-2+. The van der Waals surface area contributed by atoms with Crippen molar-refractivity contribution in [1.82, 2.24) is 0 Å². The molecule has 6 heteroatoms. The number of allylic oxidation sites excluding steroid dienone is 1. The number of hydrogen-bond donors (Lipinski definition) is 2. The first-order valence-electron chi connectivity index (χ1n) is 6.11. The fraction of sp³-hybridized carbons (Fsp3) is 0. The molecule has 0 spiro atoms. The zero-order valence-electron chi connectivity index (χ0n) is 10.8. The zero-order chi connectivity index (χ0) is 15.4. The molecule has 3 nitrogen and oxygen atoms in total. The van der Waals surface area contributed by atoms with Crippen molar-refractivity contribution in [1.29, 1.82) is 0 Å². The summed E-state index contributed by atoms with van der Waals surface area (Å²) in [6.07, 6.45) is 3.06. The summed E-state index contributed by atoms with van der Waals surface area (Å²) in [7, 11) is -1.54. The number of rotatable bonds is 4. The van der Waals surface area contributed by atoms with E-state index in [1.165, 1.54) is 30.3 Å². The van der Waals surface area contributed by atoms with E-state index in [9.17, 15) is 4.79 Å². The summed E-state index contributed by atoms with van der Waals surface area (Å²) in [6.45, 7) is 0. The molecule has 0 unspecified atom stereocenters. The van der Waals surface area contributed by atoms with Crippen LogP contribution in [0.15, 0.2) is 48.5 Å². The molecule has 0 aromatic heterocycles. The van der Waals surface area contributed by atoms with E-state index in [0.717, 1.165) is 5.56 Å².